The molecule has 2 aromatic heterocycles. The van der Waals surface area contributed by atoms with Crippen molar-refractivity contribution in [1.29, 1.82) is 5.26 Å². The van der Waals surface area contributed by atoms with Gasteiger partial charge in [0.2, 0.25) is 5.65 Å². The first-order valence-electron chi connectivity index (χ1n) is 10.7. The van der Waals surface area contributed by atoms with Crippen LogP contribution in [0.5, 0.6) is 0 Å². The second kappa shape index (κ2) is 13.5. The minimum atomic E-state index is -10.7. The first-order valence-corrected chi connectivity index (χ1v) is 12.8. The Hall–Kier alpha value is -2.72. The third-order valence-corrected chi connectivity index (χ3v) is 3.81. The van der Waals surface area contributed by atoms with E-state index >= 15 is 0 Å². The van der Waals surface area contributed by atoms with E-state index in [0.717, 1.165) is 6.54 Å². The van der Waals surface area contributed by atoms with E-state index in [1.54, 1.807) is 12.3 Å². The number of amidine groups is 1. The molecule has 0 aromatic carbocycles. The maximum absolute atomic E-state index is 10.7. The molecule has 0 fully saturated rings. The van der Waals surface area contributed by atoms with Gasteiger partial charge in [0, 0.05) is 25.2 Å². The van der Waals surface area contributed by atoms with Crippen molar-refractivity contribution in [2.75, 3.05) is 34.7 Å². The van der Waals surface area contributed by atoms with Gasteiger partial charge in [-0.2, -0.15) is 5.26 Å². The number of nitriles is 1. The molecule has 0 bridgehead atoms. The van der Waals surface area contributed by atoms with Gasteiger partial charge in [0.25, 0.3) is 0 Å². The standard InChI is InChI=1S/C10H15N6O.C8H19N.C2H3N.F6P/c1-14(2)10(15(3)4)17-16-9-8(12-13-16)6-5-7-11-9;1-6-9(7(2)3)8(4)5;1-2-3;1-7(2,3,4,5)6/h5-7H,1-4H3;7-8H,6H2,1-5H3;1H3;/q+1;;;-1. The van der Waals surface area contributed by atoms with Gasteiger partial charge >= 0.3 is 39.0 Å². The number of aromatic nitrogens is 4. The van der Waals surface area contributed by atoms with Gasteiger partial charge in [0.05, 0.1) is 34.3 Å². The van der Waals surface area contributed by atoms with Crippen LogP contribution in [0.4, 0.5) is 25.2 Å². The molecule has 0 N–H and O–H groups in total. The van der Waals surface area contributed by atoms with Crippen molar-refractivity contribution in [1.82, 2.24) is 29.9 Å². The fourth-order valence-corrected chi connectivity index (χ4v) is 2.77. The molecule has 0 atom stereocenters. The van der Waals surface area contributed by atoms with E-state index in [0.29, 0.717) is 29.3 Å². The van der Waals surface area contributed by atoms with E-state index in [1.807, 2.05) is 49.8 Å². The van der Waals surface area contributed by atoms with Crippen LogP contribution in [-0.4, -0.2) is 87.4 Å². The Morgan fingerprint density at radius 2 is 1.56 bits per heavy atom. The molecule has 0 unspecified atom stereocenters. The molecule has 16 heteroatoms. The van der Waals surface area contributed by atoms with Gasteiger partial charge in [-0.15, -0.1) is 5.10 Å². The molecular weight excluding hydrogens is 513 g/mol. The summed E-state index contributed by atoms with van der Waals surface area (Å²) in [6, 6.07) is 7.41. The van der Waals surface area contributed by atoms with Crippen LogP contribution in [0.1, 0.15) is 41.5 Å². The van der Waals surface area contributed by atoms with E-state index in [1.165, 1.54) is 11.8 Å². The summed E-state index contributed by atoms with van der Waals surface area (Å²) in [5.74, 6) is 0. The zero-order valence-electron chi connectivity index (χ0n) is 22.3. The molecule has 0 aliphatic carbocycles. The molecule has 0 amide bonds. The molecule has 36 heavy (non-hydrogen) atoms. The predicted octanol–water partition coefficient (Wildman–Crippen LogP) is 5.48. The molecule has 9 nitrogen and oxygen atoms in total. The Bertz CT molecular complexity index is 978. The van der Waals surface area contributed by atoms with Crippen LogP contribution >= 0.6 is 7.81 Å². The fraction of sp³-hybridized carbons (Fsp3) is 0.650. The van der Waals surface area contributed by atoms with Crippen molar-refractivity contribution in [3.63, 3.8) is 0 Å². The molecule has 2 aromatic rings. The summed E-state index contributed by atoms with van der Waals surface area (Å²) < 4.78 is 61.0. The SMILES string of the molecule is CC#N.CCN(C(C)C)C(C)C.CN(C)C(On1nnc2cccnc21)=[N+](C)C.F[P-](F)(F)(F)(F)F. The third-order valence-electron chi connectivity index (χ3n) is 3.81. The van der Waals surface area contributed by atoms with Crippen molar-refractivity contribution in [3.05, 3.63) is 18.3 Å². The Morgan fingerprint density at radius 1 is 1.11 bits per heavy atom. The summed E-state index contributed by atoms with van der Waals surface area (Å²) in [5, 5.41) is 15.2. The Morgan fingerprint density at radius 3 is 1.86 bits per heavy atom. The topological polar surface area (TPSA) is 86.1 Å². The zero-order valence-corrected chi connectivity index (χ0v) is 23.2. The summed E-state index contributed by atoms with van der Waals surface area (Å²) in [6.07, 6.45) is 1.68. The molecule has 0 spiro atoms. The van der Waals surface area contributed by atoms with Crippen molar-refractivity contribution >= 4 is 25.0 Å². The van der Waals surface area contributed by atoms with Gasteiger partial charge in [-0.1, -0.05) is 6.92 Å². The van der Waals surface area contributed by atoms with E-state index < -0.39 is 7.81 Å². The normalized spacial score (nSPS) is 12.6. The minimum absolute atomic E-state index is 0.591. The first kappa shape index (κ1) is 35.4. The van der Waals surface area contributed by atoms with Crippen LogP contribution in [0.25, 0.3) is 11.2 Å². The number of rotatable bonds is 4. The average molecular weight is 551 g/mol. The van der Waals surface area contributed by atoms with Gasteiger partial charge in [-0.3, -0.25) is 9.74 Å². The summed E-state index contributed by atoms with van der Waals surface area (Å²) in [5.41, 5.74) is 1.29. The van der Waals surface area contributed by atoms with Crippen LogP contribution in [0.15, 0.2) is 18.3 Å². The number of hydrogen-bond acceptors (Lipinski definition) is 6. The molecule has 0 radical (unpaired) electrons. The molecule has 0 saturated heterocycles. The third kappa shape index (κ3) is 18.6. The van der Waals surface area contributed by atoms with Gasteiger partial charge in [0.15, 0.2) is 0 Å². The number of hydrogen-bond donors (Lipinski definition) is 0. The van der Waals surface area contributed by atoms with Crippen LogP contribution in [0, 0.1) is 11.3 Å². The zero-order chi connectivity index (χ0) is 29.0. The quantitative estimate of drug-likeness (QED) is 0.164. The van der Waals surface area contributed by atoms with Gasteiger partial charge in [0.1, 0.15) is 5.52 Å². The molecule has 2 rings (SSSR count). The van der Waals surface area contributed by atoms with Gasteiger partial charge in [-0.25, -0.2) is 14.5 Å². The summed E-state index contributed by atoms with van der Waals surface area (Å²) in [7, 11) is -3.09. The van der Waals surface area contributed by atoms with Gasteiger partial charge < -0.3 is 0 Å². The molecule has 210 valence electrons. The summed E-state index contributed by atoms with van der Waals surface area (Å²) in [6.45, 7) is 13.8. The van der Waals surface area contributed by atoms with E-state index in [4.69, 9.17) is 10.1 Å². The van der Waals surface area contributed by atoms with Crippen LogP contribution < -0.4 is 4.84 Å². The van der Waals surface area contributed by atoms with Crippen LogP contribution in [-0.2, 0) is 0 Å². The van der Waals surface area contributed by atoms with Crippen LogP contribution in [0.3, 0.4) is 0 Å². The van der Waals surface area contributed by atoms with Crippen molar-refractivity contribution in [3.8, 4) is 6.07 Å². The number of halogens is 6. The fourth-order valence-electron chi connectivity index (χ4n) is 2.77. The van der Waals surface area contributed by atoms with Crippen molar-refractivity contribution in [2.24, 2.45) is 0 Å². The molecule has 0 saturated carbocycles. The Kier molecular flexibility index (Phi) is 13.3. The van der Waals surface area contributed by atoms with E-state index in [2.05, 4.69) is 54.8 Å². The monoisotopic (exact) mass is 550 g/mol. The van der Waals surface area contributed by atoms with Crippen molar-refractivity contribution in [2.45, 2.75) is 53.6 Å². The van der Waals surface area contributed by atoms with Gasteiger partial charge in [-0.05, 0) is 56.4 Å². The number of nitrogens with zero attached hydrogens (tertiary/aromatic N) is 8. The molecule has 0 aliphatic rings. The average Bonchev–Trinajstić information content (AvgIpc) is 3.07. The Balaban J connectivity index is 0. The van der Waals surface area contributed by atoms with Crippen LogP contribution in [0.2, 0.25) is 0 Å². The summed E-state index contributed by atoms with van der Waals surface area (Å²) >= 11 is 0. The molecular formula is C20H37F6N8OP. The van der Waals surface area contributed by atoms with Crippen molar-refractivity contribution < 1.29 is 34.6 Å². The van der Waals surface area contributed by atoms with E-state index in [9.17, 15) is 25.2 Å². The summed E-state index contributed by atoms with van der Waals surface area (Å²) in [4.78, 5) is 15.4. The van der Waals surface area contributed by atoms with E-state index in [-0.39, 0.29) is 0 Å². The maximum atomic E-state index is 9.87. The number of pyridine rings is 1. The molecule has 2 heterocycles. The molecule has 0 aliphatic heterocycles. The predicted molar refractivity (Wildman–Crippen MR) is 130 cm³/mol. The second-order valence-electron chi connectivity index (χ2n) is 8.17. The second-order valence-corrected chi connectivity index (χ2v) is 10.1. The number of fused-ring (bicyclic) bond motifs is 1. The first-order chi connectivity index (χ1) is 16.0. The Labute approximate surface area is 208 Å².